The number of benzene rings is 1. The number of nitrogens with two attached hydrogens (primary N) is 1. The predicted molar refractivity (Wildman–Crippen MR) is 110 cm³/mol. The predicted octanol–water partition coefficient (Wildman–Crippen LogP) is 3.30. The Morgan fingerprint density at radius 1 is 1.21 bits per heavy atom. The molecule has 5 rings (SSSR count). The largest absolute Gasteiger partial charge is 0.322 e. The molecule has 4 atom stereocenters. The molecule has 0 spiro atoms. The molecule has 3 fully saturated rings. The van der Waals surface area contributed by atoms with E-state index in [0.29, 0.717) is 12.0 Å². The summed E-state index contributed by atoms with van der Waals surface area (Å²) in [6.45, 7) is 0. The minimum atomic E-state index is -0.744. The number of fused-ring (bicyclic) bond motifs is 1. The van der Waals surface area contributed by atoms with Gasteiger partial charge >= 0.3 is 0 Å². The summed E-state index contributed by atoms with van der Waals surface area (Å²) in [5.74, 6) is 0.731. The molecule has 1 amide bonds. The zero-order valence-corrected chi connectivity index (χ0v) is 16.4. The number of amides is 1. The number of nitrogens with zero attached hydrogens (tertiary/aromatic N) is 1. The molecular formula is C23H27FN4O. The van der Waals surface area contributed by atoms with Crippen LogP contribution in [0.5, 0.6) is 0 Å². The number of hydrogen-bond donors (Lipinski definition) is 3. The van der Waals surface area contributed by atoms with E-state index < -0.39 is 11.4 Å². The highest BCUT2D eigenvalue weighted by atomic mass is 19.1. The number of piperidine rings is 1. The second-order valence-corrected chi connectivity index (χ2v) is 8.93. The Morgan fingerprint density at radius 2 is 2.00 bits per heavy atom. The SMILES string of the molecule is NC(CCC1CC1)(c1ccncc1)c1ccc(F)c(NC(=O)[C@H]2C[C@H]3C[C@H]3N2)c1. The van der Waals surface area contributed by atoms with Crippen LogP contribution in [-0.4, -0.2) is 23.0 Å². The van der Waals surface area contributed by atoms with E-state index in [-0.39, 0.29) is 17.6 Å². The molecule has 5 nitrogen and oxygen atoms in total. The van der Waals surface area contributed by atoms with Gasteiger partial charge in [0.15, 0.2) is 0 Å². The number of carbonyl (C=O) groups excluding carboxylic acids is 1. The van der Waals surface area contributed by atoms with Crippen LogP contribution in [0.4, 0.5) is 10.1 Å². The molecule has 29 heavy (non-hydrogen) atoms. The van der Waals surface area contributed by atoms with E-state index in [1.54, 1.807) is 24.5 Å². The maximum atomic E-state index is 14.5. The van der Waals surface area contributed by atoms with Gasteiger partial charge in [0.2, 0.25) is 5.91 Å². The van der Waals surface area contributed by atoms with E-state index in [9.17, 15) is 9.18 Å². The van der Waals surface area contributed by atoms with Crippen molar-refractivity contribution in [3.05, 3.63) is 59.7 Å². The third-order valence-electron chi connectivity index (χ3n) is 6.77. The third-order valence-corrected chi connectivity index (χ3v) is 6.77. The summed E-state index contributed by atoms with van der Waals surface area (Å²) < 4.78 is 14.5. The first-order chi connectivity index (χ1) is 14.0. The summed E-state index contributed by atoms with van der Waals surface area (Å²) in [4.78, 5) is 16.7. The number of pyridine rings is 1. The van der Waals surface area contributed by atoms with Gasteiger partial charge in [-0.15, -0.1) is 0 Å². The lowest BCUT2D eigenvalue weighted by Crippen LogP contribution is -2.39. The van der Waals surface area contributed by atoms with Gasteiger partial charge in [-0.25, -0.2) is 4.39 Å². The number of anilines is 1. The normalized spacial score (nSPS) is 27.2. The first-order valence-corrected chi connectivity index (χ1v) is 10.6. The van der Waals surface area contributed by atoms with Crippen LogP contribution in [0.3, 0.4) is 0 Å². The molecule has 1 unspecified atom stereocenters. The lowest BCUT2D eigenvalue weighted by atomic mass is 9.79. The van der Waals surface area contributed by atoms with Gasteiger partial charge in [0.1, 0.15) is 5.82 Å². The van der Waals surface area contributed by atoms with Gasteiger partial charge < -0.3 is 16.4 Å². The Kier molecular flexibility index (Phi) is 4.63. The smallest absolute Gasteiger partial charge is 0.241 e. The van der Waals surface area contributed by atoms with Crippen LogP contribution >= 0.6 is 0 Å². The number of rotatable bonds is 7. The van der Waals surface area contributed by atoms with E-state index in [1.807, 2.05) is 12.1 Å². The highest BCUT2D eigenvalue weighted by Crippen LogP contribution is 2.42. The number of aromatic nitrogens is 1. The van der Waals surface area contributed by atoms with Crippen molar-refractivity contribution in [2.45, 2.75) is 56.1 Å². The van der Waals surface area contributed by atoms with Crippen molar-refractivity contribution >= 4 is 11.6 Å². The van der Waals surface area contributed by atoms with Gasteiger partial charge in [-0.1, -0.05) is 18.9 Å². The van der Waals surface area contributed by atoms with Gasteiger partial charge in [-0.05, 0) is 72.9 Å². The second kappa shape index (κ2) is 7.18. The molecule has 152 valence electrons. The second-order valence-electron chi connectivity index (χ2n) is 8.93. The molecule has 1 aromatic carbocycles. The van der Waals surface area contributed by atoms with Crippen LogP contribution < -0.4 is 16.4 Å². The summed E-state index contributed by atoms with van der Waals surface area (Å²) in [6, 6.07) is 8.92. The van der Waals surface area contributed by atoms with Crippen LogP contribution in [0.15, 0.2) is 42.7 Å². The van der Waals surface area contributed by atoms with Gasteiger partial charge in [0.05, 0.1) is 17.3 Å². The first kappa shape index (κ1) is 18.7. The maximum Gasteiger partial charge on any atom is 0.241 e. The van der Waals surface area contributed by atoms with Gasteiger partial charge in [-0.3, -0.25) is 9.78 Å². The Morgan fingerprint density at radius 3 is 2.69 bits per heavy atom. The highest BCUT2D eigenvalue weighted by molar-refractivity contribution is 5.95. The van der Waals surface area contributed by atoms with Crippen LogP contribution in [0, 0.1) is 17.7 Å². The fourth-order valence-corrected chi connectivity index (χ4v) is 4.59. The lowest BCUT2D eigenvalue weighted by molar-refractivity contribution is -0.118. The quantitative estimate of drug-likeness (QED) is 0.673. The summed E-state index contributed by atoms with van der Waals surface area (Å²) in [7, 11) is 0. The average molecular weight is 394 g/mol. The van der Waals surface area contributed by atoms with E-state index in [1.165, 1.54) is 18.9 Å². The average Bonchev–Trinajstić information content (AvgIpc) is 3.67. The summed E-state index contributed by atoms with van der Waals surface area (Å²) >= 11 is 0. The molecule has 2 saturated carbocycles. The van der Waals surface area contributed by atoms with Crippen molar-refractivity contribution < 1.29 is 9.18 Å². The monoisotopic (exact) mass is 394 g/mol. The molecule has 0 bridgehead atoms. The number of carbonyl (C=O) groups is 1. The molecule has 1 aliphatic heterocycles. The fraction of sp³-hybridized carbons (Fsp3) is 0.478. The van der Waals surface area contributed by atoms with Crippen LogP contribution in [-0.2, 0) is 10.3 Å². The minimum Gasteiger partial charge on any atom is -0.322 e. The molecule has 2 aromatic rings. The fourth-order valence-electron chi connectivity index (χ4n) is 4.59. The highest BCUT2D eigenvalue weighted by Gasteiger charge is 2.47. The van der Waals surface area contributed by atoms with Crippen LogP contribution in [0.2, 0.25) is 0 Å². The van der Waals surface area contributed by atoms with E-state index in [2.05, 4.69) is 15.6 Å². The molecule has 2 heterocycles. The van der Waals surface area contributed by atoms with Crippen molar-refractivity contribution in [2.24, 2.45) is 17.6 Å². The number of nitrogens with one attached hydrogen (secondary N) is 2. The van der Waals surface area contributed by atoms with E-state index in [4.69, 9.17) is 5.73 Å². The molecule has 3 aliphatic rings. The molecule has 2 aliphatic carbocycles. The van der Waals surface area contributed by atoms with Gasteiger partial charge in [0, 0.05) is 18.4 Å². The van der Waals surface area contributed by atoms with E-state index in [0.717, 1.165) is 42.7 Å². The van der Waals surface area contributed by atoms with Gasteiger partial charge in [0.25, 0.3) is 0 Å². The van der Waals surface area contributed by atoms with Crippen molar-refractivity contribution in [3.8, 4) is 0 Å². The standard InChI is InChI=1S/C23H27FN4O/c24-18-4-3-17(13-20(18)28-22(29)21-12-15-11-19(15)27-21)23(25,8-5-14-1-2-14)16-6-9-26-10-7-16/h3-4,6-7,9-10,13-15,19,21,27H,1-2,5,8,11-12,25H2,(H,28,29)/t15-,19-,21-,23?/m1/s1. The van der Waals surface area contributed by atoms with Crippen LogP contribution in [0.25, 0.3) is 0 Å². The van der Waals surface area contributed by atoms with E-state index >= 15 is 0 Å². The summed E-state index contributed by atoms with van der Waals surface area (Å²) in [5.41, 5.74) is 8.15. The minimum absolute atomic E-state index is 0.169. The molecule has 6 heteroatoms. The number of hydrogen-bond acceptors (Lipinski definition) is 4. The van der Waals surface area contributed by atoms with Crippen molar-refractivity contribution in [1.82, 2.24) is 10.3 Å². The number of halogens is 1. The Hall–Kier alpha value is -2.31. The third kappa shape index (κ3) is 3.79. The van der Waals surface area contributed by atoms with Crippen molar-refractivity contribution in [1.29, 1.82) is 0 Å². The first-order valence-electron chi connectivity index (χ1n) is 10.6. The van der Waals surface area contributed by atoms with Crippen molar-refractivity contribution in [2.75, 3.05) is 5.32 Å². The lowest BCUT2D eigenvalue weighted by Gasteiger charge is -2.31. The molecule has 1 aromatic heterocycles. The Bertz CT molecular complexity index is 906. The maximum absolute atomic E-state index is 14.5. The summed E-state index contributed by atoms with van der Waals surface area (Å²) in [6.07, 6.45) is 9.77. The van der Waals surface area contributed by atoms with Crippen molar-refractivity contribution in [3.63, 3.8) is 0 Å². The zero-order valence-electron chi connectivity index (χ0n) is 16.4. The Labute approximate surface area is 170 Å². The topological polar surface area (TPSA) is 80.0 Å². The molecule has 1 saturated heterocycles. The molecular weight excluding hydrogens is 367 g/mol. The van der Waals surface area contributed by atoms with Crippen LogP contribution in [0.1, 0.15) is 49.7 Å². The van der Waals surface area contributed by atoms with Gasteiger partial charge in [-0.2, -0.15) is 0 Å². The summed E-state index contributed by atoms with van der Waals surface area (Å²) in [5, 5.41) is 6.10. The molecule has 0 radical (unpaired) electrons. The zero-order chi connectivity index (χ0) is 20.0. The Balaban J connectivity index is 1.41. The molecule has 4 N–H and O–H groups in total.